The van der Waals surface area contributed by atoms with Gasteiger partial charge in [-0.05, 0) is 50.3 Å². The van der Waals surface area contributed by atoms with Crippen molar-refractivity contribution in [2.75, 3.05) is 6.54 Å². The number of carbonyl (C=O) groups excluding carboxylic acids is 1. The second-order valence-corrected chi connectivity index (χ2v) is 6.10. The fraction of sp³-hybridized carbons (Fsp3) is 0.533. The van der Waals surface area contributed by atoms with Gasteiger partial charge in [0.1, 0.15) is 0 Å². The van der Waals surface area contributed by atoms with E-state index in [2.05, 4.69) is 5.32 Å². The van der Waals surface area contributed by atoms with Crippen molar-refractivity contribution < 1.29 is 4.79 Å². The van der Waals surface area contributed by atoms with Gasteiger partial charge in [-0.25, -0.2) is 0 Å². The second-order valence-electron chi connectivity index (χ2n) is 5.66. The molecule has 2 unspecified atom stereocenters. The molecule has 4 heteroatoms. The van der Waals surface area contributed by atoms with Crippen molar-refractivity contribution in [2.45, 2.75) is 38.1 Å². The Balaban J connectivity index is 2.07. The van der Waals surface area contributed by atoms with Gasteiger partial charge in [-0.2, -0.15) is 0 Å². The monoisotopic (exact) mass is 280 g/mol. The number of rotatable bonds is 5. The molecule has 1 aromatic rings. The molecular weight excluding hydrogens is 260 g/mol. The Kier molecular flexibility index (Phi) is 4.16. The summed E-state index contributed by atoms with van der Waals surface area (Å²) < 4.78 is 0. The fourth-order valence-corrected chi connectivity index (χ4v) is 2.56. The summed E-state index contributed by atoms with van der Waals surface area (Å²) >= 11 is 5.96. The molecule has 0 radical (unpaired) electrons. The maximum atomic E-state index is 12.4. The van der Waals surface area contributed by atoms with Crippen molar-refractivity contribution in [1.29, 1.82) is 0 Å². The van der Waals surface area contributed by atoms with Crippen molar-refractivity contribution >= 4 is 17.5 Å². The maximum absolute atomic E-state index is 12.4. The lowest BCUT2D eigenvalue weighted by Crippen LogP contribution is -2.54. The highest BCUT2D eigenvalue weighted by Crippen LogP contribution is 2.39. The molecule has 1 aliphatic carbocycles. The zero-order valence-corrected chi connectivity index (χ0v) is 12.2. The van der Waals surface area contributed by atoms with Gasteiger partial charge in [0.15, 0.2) is 0 Å². The van der Waals surface area contributed by atoms with Gasteiger partial charge in [-0.15, -0.1) is 0 Å². The highest BCUT2D eigenvalue weighted by Gasteiger charge is 2.42. The predicted octanol–water partition coefficient (Wildman–Crippen LogP) is 2.69. The van der Waals surface area contributed by atoms with Gasteiger partial charge in [0, 0.05) is 11.6 Å². The van der Waals surface area contributed by atoms with Gasteiger partial charge in [-0.3, -0.25) is 4.79 Å². The molecule has 0 bridgehead atoms. The van der Waals surface area contributed by atoms with E-state index >= 15 is 0 Å². The summed E-state index contributed by atoms with van der Waals surface area (Å²) in [5.41, 5.74) is 6.48. The highest BCUT2D eigenvalue weighted by atomic mass is 35.5. The van der Waals surface area contributed by atoms with Crippen LogP contribution in [0.25, 0.3) is 0 Å². The summed E-state index contributed by atoms with van der Waals surface area (Å²) in [7, 11) is 0. The average molecular weight is 281 g/mol. The minimum absolute atomic E-state index is 0.0158. The van der Waals surface area contributed by atoms with E-state index in [0.717, 1.165) is 18.4 Å². The van der Waals surface area contributed by atoms with Gasteiger partial charge < -0.3 is 11.1 Å². The normalized spacial score (nSPS) is 19.6. The third-order valence-corrected chi connectivity index (χ3v) is 4.29. The minimum Gasteiger partial charge on any atom is -0.349 e. The van der Waals surface area contributed by atoms with E-state index in [0.29, 0.717) is 17.5 Å². The Labute approximate surface area is 119 Å². The summed E-state index contributed by atoms with van der Waals surface area (Å²) in [5.74, 6) is 0.318. The van der Waals surface area contributed by atoms with E-state index in [-0.39, 0.29) is 17.4 Å². The molecule has 0 aromatic heterocycles. The van der Waals surface area contributed by atoms with Crippen molar-refractivity contribution in [1.82, 2.24) is 5.32 Å². The molecule has 1 aliphatic rings. The fourth-order valence-electron chi connectivity index (χ4n) is 2.36. The van der Waals surface area contributed by atoms with Gasteiger partial charge in [-0.1, -0.05) is 23.7 Å². The van der Waals surface area contributed by atoms with E-state index < -0.39 is 0 Å². The Bertz CT molecular complexity index is 473. The molecule has 0 heterocycles. The third kappa shape index (κ3) is 3.28. The van der Waals surface area contributed by atoms with Gasteiger partial charge in [0.05, 0.1) is 11.5 Å². The average Bonchev–Trinajstić information content (AvgIpc) is 3.22. The minimum atomic E-state index is -0.274. The zero-order valence-electron chi connectivity index (χ0n) is 11.4. The maximum Gasteiger partial charge on any atom is 0.227 e. The first-order valence-corrected chi connectivity index (χ1v) is 7.11. The van der Waals surface area contributed by atoms with Crippen LogP contribution in [-0.2, 0) is 4.79 Å². The van der Waals surface area contributed by atoms with E-state index in [1.54, 1.807) is 0 Å². The van der Waals surface area contributed by atoms with Crippen molar-refractivity contribution in [3.63, 3.8) is 0 Å². The molecule has 3 N–H and O–H groups in total. The molecule has 0 spiro atoms. The van der Waals surface area contributed by atoms with Crippen LogP contribution in [0.15, 0.2) is 24.3 Å². The van der Waals surface area contributed by atoms with Crippen LogP contribution in [0.3, 0.4) is 0 Å². The topological polar surface area (TPSA) is 55.1 Å². The molecule has 3 nitrogen and oxygen atoms in total. The highest BCUT2D eigenvalue weighted by molar-refractivity contribution is 6.30. The van der Waals surface area contributed by atoms with Crippen molar-refractivity contribution in [2.24, 2.45) is 11.7 Å². The van der Waals surface area contributed by atoms with Crippen LogP contribution >= 0.6 is 11.6 Å². The molecule has 1 amide bonds. The Hall–Kier alpha value is -1.06. The number of nitrogens with one attached hydrogen (secondary N) is 1. The number of nitrogens with two attached hydrogens (primary N) is 1. The Morgan fingerprint density at radius 3 is 2.79 bits per heavy atom. The number of amides is 1. The third-order valence-electron chi connectivity index (χ3n) is 4.05. The van der Waals surface area contributed by atoms with Crippen LogP contribution in [0.2, 0.25) is 5.02 Å². The van der Waals surface area contributed by atoms with Crippen LogP contribution in [-0.4, -0.2) is 18.0 Å². The van der Waals surface area contributed by atoms with Crippen LogP contribution in [0.1, 0.15) is 38.2 Å². The number of halogens is 1. The number of hydrogen-bond donors (Lipinski definition) is 2. The van der Waals surface area contributed by atoms with Gasteiger partial charge in [0.25, 0.3) is 0 Å². The molecule has 1 aromatic carbocycles. The molecule has 0 aliphatic heterocycles. The molecule has 2 rings (SSSR count). The van der Waals surface area contributed by atoms with E-state index in [1.807, 2.05) is 38.1 Å². The molecule has 2 atom stereocenters. The van der Waals surface area contributed by atoms with Crippen LogP contribution in [0.4, 0.5) is 0 Å². The van der Waals surface area contributed by atoms with Gasteiger partial charge >= 0.3 is 0 Å². The number of carbonyl (C=O) groups is 1. The standard InChI is InChI=1S/C15H21ClN2O/c1-10(11-4-3-5-13(16)8-11)14(19)18-15(2,9-17)12-6-7-12/h3-5,8,10,12H,6-7,9,17H2,1-2H3,(H,18,19). The summed E-state index contributed by atoms with van der Waals surface area (Å²) in [6, 6.07) is 7.43. The lowest BCUT2D eigenvalue weighted by molar-refractivity contribution is -0.124. The van der Waals surface area contributed by atoms with Crippen LogP contribution < -0.4 is 11.1 Å². The van der Waals surface area contributed by atoms with Crippen LogP contribution in [0.5, 0.6) is 0 Å². The summed E-state index contributed by atoms with van der Waals surface area (Å²) in [4.78, 5) is 12.4. The zero-order chi connectivity index (χ0) is 14.0. The lowest BCUT2D eigenvalue weighted by Gasteiger charge is -2.31. The lowest BCUT2D eigenvalue weighted by atomic mass is 9.93. The predicted molar refractivity (Wildman–Crippen MR) is 78.2 cm³/mol. The van der Waals surface area contributed by atoms with E-state index in [4.69, 9.17) is 17.3 Å². The van der Waals surface area contributed by atoms with Gasteiger partial charge in [0.2, 0.25) is 5.91 Å². The number of benzene rings is 1. The van der Waals surface area contributed by atoms with Crippen molar-refractivity contribution in [3.8, 4) is 0 Å². The first-order chi connectivity index (χ1) is 8.96. The first-order valence-electron chi connectivity index (χ1n) is 6.74. The molecule has 1 saturated carbocycles. The van der Waals surface area contributed by atoms with Crippen molar-refractivity contribution in [3.05, 3.63) is 34.9 Å². The largest absolute Gasteiger partial charge is 0.349 e. The summed E-state index contributed by atoms with van der Waals surface area (Å²) in [6.45, 7) is 4.41. The summed E-state index contributed by atoms with van der Waals surface area (Å²) in [5, 5.41) is 3.77. The smallest absolute Gasteiger partial charge is 0.227 e. The van der Waals surface area contributed by atoms with E-state index in [1.165, 1.54) is 0 Å². The summed E-state index contributed by atoms with van der Waals surface area (Å²) in [6.07, 6.45) is 2.30. The molecular formula is C15H21ClN2O. The molecule has 1 fully saturated rings. The molecule has 19 heavy (non-hydrogen) atoms. The number of hydrogen-bond acceptors (Lipinski definition) is 2. The van der Waals surface area contributed by atoms with Crippen LogP contribution in [0, 0.1) is 5.92 Å². The second kappa shape index (κ2) is 5.51. The Morgan fingerprint density at radius 1 is 1.58 bits per heavy atom. The quantitative estimate of drug-likeness (QED) is 0.871. The molecule has 104 valence electrons. The first kappa shape index (κ1) is 14.4. The molecule has 0 saturated heterocycles. The van der Waals surface area contributed by atoms with E-state index in [9.17, 15) is 4.79 Å². The SMILES string of the molecule is CC(C(=O)NC(C)(CN)C1CC1)c1cccc(Cl)c1. The Morgan fingerprint density at radius 2 is 2.26 bits per heavy atom.